The van der Waals surface area contributed by atoms with E-state index in [1.807, 2.05) is 120 Å². The fraction of sp³-hybridized carbons (Fsp3) is 0.692. The molecule has 150 heavy (non-hydrogen) atoms. The van der Waals surface area contributed by atoms with Gasteiger partial charge < -0.3 is 24.8 Å². The van der Waals surface area contributed by atoms with Crippen LogP contribution in [-0.2, 0) is 42.5 Å². The van der Waals surface area contributed by atoms with E-state index >= 15 is 0 Å². The first kappa shape index (κ1) is 136. The molecule has 844 valence electrons. The second-order valence-electron chi connectivity index (χ2n) is 57.7. The van der Waals surface area contributed by atoms with Crippen molar-refractivity contribution in [3.05, 3.63) is 186 Å². The maximum atomic E-state index is 11.6. The number of amides is 2. The minimum Gasteiger partial charge on any atom is -0.373 e. The van der Waals surface area contributed by atoms with Crippen molar-refractivity contribution in [3.63, 3.8) is 0 Å². The number of piperidine rings is 1. The third-order valence-corrected chi connectivity index (χ3v) is 27.3. The van der Waals surface area contributed by atoms with Crippen molar-refractivity contribution < 1.29 is 14.3 Å². The molecular weight excluding hydrogens is 1850 g/mol. The van der Waals surface area contributed by atoms with Crippen LogP contribution in [0, 0.1) is 43.8 Å². The van der Waals surface area contributed by atoms with Gasteiger partial charge in [0.2, 0.25) is 11.8 Å². The zero-order chi connectivity index (χ0) is 115. The molecule has 0 unspecified atom stereocenters. The maximum Gasteiger partial charge on any atom is 0.227 e. The highest BCUT2D eigenvalue weighted by molar-refractivity contribution is 6.02. The molecule has 20 nitrogen and oxygen atoms in total. The van der Waals surface area contributed by atoms with Gasteiger partial charge in [0.25, 0.3) is 0 Å². The Morgan fingerprint density at radius 3 is 1.13 bits per heavy atom. The number of likely N-dealkylation sites (tertiary alicyclic amines) is 4. The predicted octanol–water partition coefficient (Wildman–Crippen LogP) is 31.3. The van der Waals surface area contributed by atoms with Crippen molar-refractivity contribution in [2.24, 2.45) is 74.2 Å². The van der Waals surface area contributed by atoms with E-state index in [9.17, 15) is 9.59 Å². The number of carbonyl (C=O) groups excluding carboxylic acids is 2. The number of fused-ring (bicyclic) bond motifs is 2. The summed E-state index contributed by atoms with van der Waals surface area (Å²) >= 11 is 0. The fourth-order valence-corrected chi connectivity index (χ4v) is 17.5. The highest BCUT2D eigenvalue weighted by atomic mass is 16.5. The largest absolute Gasteiger partial charge is 0.373 e. The fourth-order valence-electron chi connectivity index (χ4n) is 17.5. The van der Waals surface area contributed by atoms with Gasteiger partial charge in [-0.2, -0.15) is 20.4 Å². The molecule has 2 saturated carbocycles. The van der Waals surface area contributed by atoms with Gasteiger partial charge in [0, 0.05) is 247 Å². The molecule has 3 aromatic heterocycles. The summed E-state index contributed by atoms with van der Waals surface area (Å²) in [6.45, 7) is 114. The Kier molecular flexibility index (Phi) is 53.3. The average molecular weight is 2070 g/mol. The molecule has 2 aliphatic carbocycles. The molecule has 0 bridgehead atoms. The Balaban J connectivity index is 0.000000413. The molecule has 5 saturated heterocycles. The van der Waals surface area contributed by atoms with Gasteiger partial charge in [0.05, 0.1) is 23.1 Å². The van der Waals surface area contributed by atoms with Gasteiger partial charge in [0.1, 0.15) is 5.82 Å². The minimum atomic E-state index is -0.233. The third kappa shape index (κ3) is 52.7. The van der Waals surface area contributed by atoms with E-state index in [4.69, 9.17) is 4.74 Å². The molecule has 2 amide bonds. The molecule has 17 rings (SSSR count). The zero-order valence-corrected chi connectivity index (χ0v) is 105. The number of hydrogen-bond acceptors (Lipinski definition) is 18. The van der Waals surface area contributed by atoms with Crippen LogP contribution in [0.2, 0.25) is 0 Å². The second kappa shape index (κ2) is 58.9. The number of aliphatic imine (C=N–C) groups is 2. The lowest BCUT2D eigenvalue weighted by Gasteiger charge is -2.60. The molecule has 12 aliphatic rings. The summed E-state index contributed by atoms with van der Waals surface area (Å²) in [4.78, 5) is 61.5. The molecule has 5 aromatic rings. The molecule has 7 fully saturated rings. The van der Waals surface area contributed by atoms with Crippen LogP contribution >= 0.6 is 0 Å². The van der Waals surface area contributed by atoms with Gasteiger partial charge in [-0.25, -0.2) is 9.97 Å². The Morgan fingerprint density at radius 1 is 0.427 bits per heavy atom. The van der Waals surface area contributed by atoms with Crippen molar-refractivity contribution >= 4 is 53.3 Å². The Hall–Kier alpha value is -8.40. The van der Waals surface area contributed by atoms with Crippen LogP contribution in [0.15, 0.2) is 183 Å². The topological polar surface area (TPSA) is 201 Å². The summed E-state index contributed by atoms with van der Waals surface area (Å²) in [5, 5.41) is 18.9. The molecule has 10 aliphatic heterocycles. The van der Waals surface area contributed by atoms with E-state index in [1.165, 1.54) is 149 Å². The number of nitrogens with zero attached hydrogens (tertiary/aromatic N) is 16. The summed E-state index contributed by atoms with van der Waals surface area (Å²) < 4.78 is 5.80. The van der Waals surface area contributed by atoms with Crippen molar-refractivity contribution in [1.29, 1.82) is 0 Å². The van der Waals surface area contributed by atoms with E-state index in [-0.39, 0.29) is 60.4 Å². The Labute approximate surface area is 919 Å². The lowest BCUT2D eigenvalue weighted by atomic mass is 9.72. The van der Waals surface area contributed by atoms with Gasteiger partial charge in [-0.05, 0) is 239 Å². The number of aromatic nitrogens is 4. The molecule has 2 aromatic carbocycles. The van der Waals surface area contributed by atoms with E-state index in [0.29, 0.717) is 44.9 Å². The molecule has 0 radical (unpaired) electrons. The van der Waals surface area contributed by atoms with Crippen LogP contribution in [-0.4, -0.2) is 210 Å². The molecule has 2 atom stereocenters. The molecule has 1 N–H and O–H groups in total. The lowest BCUT2D eigenvalue weighted by Crippen LogP contribution is -2.73. The first-order valence-electron chi connectivity index (χ1n) is 56.5. The van der Waals surface area contributed by atoms with E-state index in [0.717, 1.165) is 80.2 Å². The third-order valence-electron chi connectivity index (χ3n) is 27.3. The van der Waals surface area contributed by atoms with Crippen LogP contribution in [0.5, 0.6) is 0 Å². The number of hydrogen-bond donors (Lipinski definition) is 1. The number of pyridine rings is 2. The molecule has 20 heteroatoms. The molecule has 1 spiro atoms. The number of ether oxygens (including phenoxy) is 1. The van der Waals surface area contributed by atoms with Crippen LogP contribution in [0.1, 0.15) is 435 Å². The minimum absolute atomic E-state index is 0.0645. The highest BCUT2D eigenvalue weighted by Crippen LogP contribution is 2.48. The summed E-state index contributed by atoms with van der Waals surface area (Å²) in [7, 11) is 3.54. The van der Waals surface area contributed by atoms with Crippen LogP contribution < -0.4 is 5.32 Å². The van der Waals surface area contributed by atoms with Crippen LogP contribution in [0.25, 0.3) is 5.70 Å². The number of allylic oxidation sites excluding steroid dienone is 2. The quantitative estimate of drug-likeness (QED) is 0.167. The maximum absolute atomic E-state index is 11.6. The first-order chi connectivity index (χ1) is 68.5. The smallest absolute Gasteiger partial charge is 0.227 e. The summed E-state index contributed by atoms with van der Waals surface area (Å²) in [6.07, 6.45) is 36.7. The highest BCUT2D eigenvalue weighted by Gasteiger charge is 2.51. The van der Waals surface area contributed by atoms with E-state index in [1.54, 1.807) is 31.4 Å². The molecule has 13 heterocycles. The SMILES string of the molecule is C=C1c2ccccc2CN1C(C)(C)C.CC(C)(C)C(=O)N1CCCC1.CC(C)(C)C1=CN=CC1.CC(C)(C)C1=NC=CC1.CC(C)(C)C1=NN=CC1.CC(C)(C)C1=NN=CC1.CC(C)(C)N1CC2(CNC2)C1.CC(C)(C)N1CCCC1.CC(C)(C)N1CC[C@H]2C[C@H]21.CC(C)(C)OC1CCCC1.CC(C)(C)c1ccccc1.CC(C)(C)c1ccccn1.CC(C)(C)c1ccccn1.CC(C)(C)c1ncccn1.CN(C)C(=O)C(C)(C)C. The van der Waals surface area contributed by atoms with Crippen molar-refractivity contribution in [3.8, 4) is 0 Å². The van der Waals surface area contributed by atoms with Crippen LogP contribution in [0.3, 0.4) is 0 Å². The normalized spacial score (nSPS) is 18.7. The first-order valence-corrected chi connectivity index (χ1v) is 56.5. The van der Waals surface area contributed by atoms with Crippen molar-refractivity contribution in [2.45, 2.75) is 470 Å². The standard InChI is InChI=1S/C13H17N.C10H14.C9H18N2.C9H17NO.C9H17N.2C9H13N.C9H18O.C8H12N2.C8H13N.C8H17N.C8H13N.2C7H12N2.C7H15NO/c1-10-12-8-6-5-7-11(12)9-14(10)13(2,3)4;1-10(2,3)9-7-5-4-6-8-9;1-8(2,3)11-6-9(7-11)4-10-5-9;1-9(2,3)8(11)10-6-4-5-7-10;1-9(2,3)10-5-4-7-6-8(7)10;2*1-9(2,3)8-6-4-5-7-10-8;1-9(2,3)10-8-6-4-5-7-8;1-8(2,3)7-9-5-4-6-10-7;1-8(2,3)7-4-5-9-6-7;1-8(2,3)9-6-4-5-7-9;1-8(2,3)7-5-4-6-9-7;2*1-7(2,3)6-4-5-8-9-6;1-7(2,3)6(9)8(4)5/h5-8H,1,9H2,2-4H3;4-8H,1-3H3;10H,4-7H2,1-3H3;4-7H2,1-3H3;7-8H,4-6H2,1-3H3;2*4-7H,1-3H3;8H,4-7H2,1-3H3;4-6H,1-3H3;5-6H,4H2,1-3H3;4-7H2,1-3H3;4,6H,5H2,1-3H3;2*5H,4H2,1-3H3;1-5H3/t;;;;7-,8+;;;;;;;;;;/m....0........../s1. The summed E-state index contributed by atoms with van der Waals surface area (Å²) in [6, 6.07) is 33.9. The Morgan fingerprint density at radius 2 is 0.880 bits per heavy atom. The van der Waals surface area contributed by atoms with E-state index < -0.39 is 0 Å². The van der Waals surface area contributed by atoms with Gasteiger partial charge in [0.15, 0.2) is 0 Å². The lowest BCUT2D eigenvalue weighted by molar-refractivity contribution is -0.138. The second-order valence-corrected chi connectivity index (χ2v) is 57.7. The zero-order valence-electron chi connectivity index (χ0n) is 105. The van der Waals surface area contributed by atoms with Gasteiger partial charge in [-0.15, -0.1) is 0 Å². The Bertz CT molecular complexity index is 4620. The number of carbonyl (C=O) groups is 2. The van der Waals surface area contributed by atoms with E-state index in [2.05, 4.69) is 425 Å². The monoisotopic (exact) mass is 2070 g/mol. The molecular formula is C130H221N17O3. The number of benzene rings is 2. The van der Waals surface area contributed by atoms with Crippen molar-refractivity contribution in [1.82, 2.24) is 54.7 Å². The summed E-state index contributed by atoms with van der Waals surface area (Å²) in [5.74, 6) is 2.45. The summed E-state index contributed by atoms with van der Waals surface area (Å²) in [5.41, 5.74) is 16.1. The van der Waals surface area contributed by atoms with Crippen LogP contribution in [0.4, 0.5) is 0 Å². The number of nitrogens with one attached hydrogen (secondary N) is 1. The van der Waals surface area contributed by atoms with Crippen molar-refractivity contribution in [2.75, 3.05) is 73.0 Å². The van der Waals surface area contributed by atoms with Gasteiger partial charge >= 0.3 is 0 Å². The van der Waals surface area contributed by atoms with Gasteiger partial charge in [-0.1, -0.05) is 300 Å². The predicted molar refractivity (Wildman–Crippen MR) is 650 cm³/mol. The number of rotatable bonds is 1. The van der Waals surface area contributed by atoms with Gasteiger partial charge in [-0.3, -0.25) is 44.2 Å². The average Bonchev–Trinajstić information content (AvgIpc) is 0.982.